The molecule has 20 heavy (non-hydrogen) atoms. The van der Waals surface area contributed by atoms with E-state index in [1.807, 2.05) is 13.0 Å². The highest BCUT2D eigenvalue weighted by Gasteiger charge is 2.43. The van der Waals surface area contributed by atoms with E-state index in [1.165, 1.54) is 7.11 Å². The van der Waals surface area contributed by atoms with E-state index < -0.39 is 5.54 Å². The molecule has 1 fully saturated rings. The van der Waals surface area contributed by atoms with Crippen LogP contribution in [0.1, 0.15) is 25.3 Å². The molecule has 1 N–H and O–H groups in total. The third-order valence-electron chi connectivity index (χ3n) is 3.61. The molecule has 1 atom stereocenters. The second kappa shape index (κ2) is 5.71. The number of rotatable bonds is 6. The molecule has 5 heteroatoms. The van der Waals surface area contributed by atoms with Crippen molar-refractivity contribution in [2.24, 2.45) is 0 Å². The van der Waals surface area contributed by atoms with Crippen molar-refractivity contribution in [2.45, 2.75) is 31.3 Å². The number of nitrogens with one attached hydrogen (secondary N) is 1. The second-order valence-corrected chi connectivity index (χ2v) is 5.10. The Bertz CT molecular complexity index is 499. The average Bonchev–Trinajstić information content (AvgIpc) is 3.29. The van der Waals surface area contributed by atoms with Crippen molar-refractivity contribution in [3.05, 3.63) is 23.8 Å². The largest absolute Gasteiger partial charge is 0.497 e. The molecule has 2 rings (SSSR count). The Hall–Kier alpha value is -1.75. The summed E-state index contributed by atoms with van der Waals surface area (Å²) in [4.78, 5) is 12.3. The number of hydrogen-bond donors (Lipinski definition) is 1. The zero-order valence-electron chi connectivity index (χ0n) is 12.4. The monoisotopic (exact) mass is 279 g/mol. The predicted octanol–water partition coefficient (Wildman–Crippen LogP) is 1.84. The van der Waals surface area contributed by atoms with Crippen LogP contribution in [0, 0.1) is 0 Å². The third kappa shape index (κ3) is 2.72. The van der Waals surface area contributed by atoms with E-state index in [-0.39, 0.29) is 5.97 Å². The van der Waals surface area contributed by atoms with Gasteiger partial charge in [-0.3, -0.25) is 5.32 Å². The Kier molecular flexibility index (Phi) is 4.18. The van der Waals surface area contributed by atoms with Crippen LogP contribution in [0.3, 0.4) is 0 Å². The lowest BCUT2D eigenvalue weighted by Crippen LogP contribution is -2.48. The van der Waals surface area contributed by atoms with Crippen LogP contribution in [0.15, 0.2) is 18.2 Å². The smallest absolute Gasteiger partial charge is 0.330 e. The summed E-state index contributed by atoms with van der Waals surface area (Å²) >= 11 is 0. The van der Waals surface area contributed by atoms with Crippen LogP contribution in [0.4, 0.5) is 0 Å². The van der Waals surface area contributed by atoms with E-state index in [1.54, 1.807) is 26.4 Å². The minimum atomic E-state index is -0.949. The first-order chi connectivity index (χ1) is 9.55. The summed E-state index contributed by atoms with van der Waals surface area (Å²) in [5.41, 5.74) is -0.228. The fraction of sp³-hybridized carbons (Fsp3) is 0.533. The number of hydrogen-bond acceptors (Lipinski definition) is 5. The molecule has 0 aromatic heterocycles. The number of ether oxygens (including phenoxy) is 3. The van der Waals surface area contributed by atoms with Gasteiger partial charge >= 0.3 is 5.97 Å². The second-order valence-electron chi connectivity index (χ2n) is 5.10. The van der Waals surface area contributed by atoms with Gasteiger partial charge in [0.25, 0.3) is 0 Å². The normalized spacial score (nSPS) is 17.2. The first-order valence-electron chi connectivity index (χ1n) is 6.63. The van der Waals surface area contributed by atoms with Crippen molar-refractivity contribution < 1.29 is 19.0 Å². The Labute approximate surface area is 119 Å². The number of carbonyl (C=O) groups is 1. The minimum Gasteiger partial charge on any atom is -0.497 e. The van der Waals surface area contributed by atoms with E-state index in [2.05, 4.69) is 5.32 Å². The standard InChI is InChI=1S/C15H21NO4/c1-15(14(17)20-4,16-10-5-6-10)12-9-11(18-2)7-8-13(12)19-3/h7-10,16H,5-6H2,1-4H3. The third-order valence-corrected chi connectivity index (χ3v) is 3.61. The van der Waals surface area contributed by atoms with Crippen LogP contribution in [0.5, 0.6) is 11.5 Å². The summed E-state index contributed by atoms with van der Waals surface area (Å²) in [5.74, 6) is 0.969. The van der Waals surface area contributed by atoms with Gasteiger partial charge in [-0.25, -0.2) is 4.79 Å². The van der Waals surface area contributed by atoms with Gasteiger partial charge in [0.2, 0.25) is 0 Å². The lowest BCUT2D eigenvalue weighted by atomic mass is 9.90. The molecular formula is C15H21NO4. The summed E-state index contributed by atoms with van der Waals surface area (Å²) in [6.07, 6.45) is 2.14. The van der Waals surface area contributed by atoms with Crippen molar-refractivity contribution in [1.29, 1.82) is 0 Å². The summed E-state index contributed by atoms with van der Waals surface area (Å²) < 4.78 is 15.6. The average molecular weight is 279 g/mol. The van der Waals surface area contributed by atoms with Gasteiger partial charge in [0.15, 0.2) is 0 Å². The Morgan fingerprint density at radius 2 is 1.95 bits per heavy atom. The van der Waals surface area contributed by atoms with Gasteiger partial charge in [-0.2, -0.15) is 0 Å². The molecule has 1 unspecified atom stereocenters. The van der Waals surface area contributed by atoms with E-state index in [0.29, 0.717) is 17.5 Å². The number of benzene rings is 1. The highest BCUT2D eigenvalue weighted by Crippen LogP contribution is 2.36. The fourth-order valence-electron chi connectivity index (χ4n) is 2.29. The first kappa shape index (κ1) is 14.7. The van der Waals surface area contributed by atoms with Crippen molar-refractivity contribution in [2.75, 3.05) is 21.3 Å². The molecular weight excluding hydrogens is 258 g/mol. The maximum atomic E-state index is 12.3. The van der Waals surface area contributed by atoms with Crippen LogP contribution in [-0.4, -0.2) is 33.3 Å². The summed E-state index contributed by atoms with van der Waals surface area (Å²) in [6, 6.07) is 5.75. The molecule has 1 aromatic rings. The fourth-order valence-corrected chi connectivity index (χ4v) is 2.29. The minimum absolute atomic E-state index is 0.337. The van der Waals surface area contributed by atoms with E-state index >= 15 is 0 Å². The van der Waals surface area contributed by atoms with Crippen LogP contribution in [0.25, 0.3) is 0 Å². The summed E-state index contributed by atoms with van der Waals surface area (Å²) in [6.45, 7) is 1.81. The molecule has 1 aliphatic rings. The maximum absolute atomic E-state index is 12.3. The Morgan fingerprint density at radius 1 is 1.25 bits per heavy atom. The lowest BCUT2D eigenvalue weighted by Gasteiger charge is -2.30. The van der Waals surface area contributed by atoms with Crippen molar-refractivity contribution >= 4 is 5.97 Å². The topological polar surface area (TPSA) is 56.8 Å². The zero-order chi connectivity index (χ0) is 14.8. The number of methoxy groups -OCH3 is 3. The molecule has 0 aliphatic heterocycles. The van der Waals surface area contributed by atoms with Crippen LogP contribution in [-0.2, 0) is 15.1 Å². The zero-order valence-corrected chi connectivity index (χ0v) is 12.4. The first-order valence-corrected chi connectivity index (χ1v) is 6.63. The van der Waals surface area contributed by atoms with Crippen molar-refractivity contribution in [1.82, 2.24) is 5.32 Å². The molecule has 0 radical (unpaired) electrons. The predicted molar refractivity (Wildman–Crippen MR) is 75.1 cm³/mol. The summed E-state index contributed by atoms with van der Waals surface area (Å²) in [5, 5.41) is 3.35. The molecule has 0 heterocycles. The van der Waals surface area contributed by atoms with E-state index in [0.717, 1.165) is 18.4 Å². The van der Waals surface area contributed by atoms with Crippen LogP contribution >= 0.6 is 0 Å². The van der Waals surface area contributed by atoms with E-state index in [9.17, 15) is 4.79 Å². The highest BCUT2D eigenvalue weighted by atomic mass is 16.5. The Morgan fingerprint density at radius 3 is 2.45 bits per heavy atom. The van der Waals surface area contributed by atoms with Gasteiger partial charge in [0, 0.05) is 11.6 Å². The lowest BCUT2D eigenvalue weighted by molar-refractivity contribution is -0.148. The summed E-state index contributed by atoms with van der Waals surface area (Å²) in [7, 11) is 4.57. The molecule has 110 valence electrons. The Balaban J connectivity index is 2.48. The molecule has 5 nitrogen and oxygen atoms in total. The number of carbonyl (C=O) groups excluding carboxylic acids is 1. The maximum Gasteiger partial charge on any atom is 0.330 e. The number of esters is 1. The quantitative estimate of drug-likeness (QED) is 0.805. The van der Waals surface area contributed by atoms with Crippen LogP contribution in [0.2, 0.25) is 0 Å². The van der Waals surface area contributed by atoms with Crippen molar-refractivity contribution in [3.63, 3.8) is 0 Å². The molecule has 0 spiro atoms. The molecule has 0 amide bonds. The van der Waals surface area contributed by atoms with Crippen LogP contribution < -0.4 is 14.8 Å². The van der Waals surface area contributed by atoms with Gasteiger partial charge in [-0.1, -0.05) is 0 Å². The van der Waals surface area contributed by atoms with Gasteiger partial charge < -0.3 is 14.2 Å². The highest BCUT2D eigenvalue weighted by molar-refractivity contribution is 5.83. The van der Waals surface area contributed by atoms with Gasteiger partial charge in [-0.15, -0.1) is 0 Å². The SMILES string of the molecule is COC(=O)C(C)(NC1CC1)c1cc(OC)ccc1OC. The molecule has 0 bridgehead atoms. The molecule has 1 aliphatic carbocycles. The molecule has 1 saturated carbocycles. The molecule has 0 saturated heterocycles. The van der Waals surface area contributed by atoms with Gasteiger partial charge in [-0.05, 0) is 38.0 Å². The molecule has 1 aromatic carbocycles. The van der Waals surface area contributed by atoms with Crippen molar-refractivity contribution in [3.8, 4) is 11.5 Å². The van der Waals surface area contributed by atoms with Gasteiger partial charge in [0.1, 0.15) is 17.0 Å². The van der Waals surface area contributed by atoms with E-state index in [4.69, 9.17) is 14.2 Å². The van der Waals surface area contributed by atoms with Gasteiger partial charge in [0.05, 0.1) is 21.3 Å².